The molecule has 2 aliphatic rings. The zero-order chi connectivity index (χ0) is 12.3. The van der Waals surface area contributed by atoms with E-state index in [4.69, 9.17) is 5.73 Å². The monoisotopic (exact) mass is 229 g/mol. The largest absolute Gasteiger partial charge is 0.369 e. The third-order valence-electron chi connectivity index (χ3n) is 3.81. The third kappa shape index (κ3) is 1.88. The summed E-state index contributed by atoms with van der Waals surface area (Å²) in [6.45, 7) is 2.10. The number of hydrogen-bond donors (Lipinski definition) is 1. The Morgan fingerprint density at radius 2 is 1.47 bits per heavy atom. The lowest BCUT2D eigenvalue weighted by Crippen LogP contribution is -2.46. The van der Waals surface area contributed by atoms with Gasteiger partial charge in [-0.1, -0.05) is 62.0 Å². The van der Waals surface area contributed by atoms with Gasteiger partial charge in [0.05, 0.1) is 5.41 Å². The second-order valence-corrected chi connectivity index (χ2v) is 4.75. The molecule has 0 aliphatic heterocycles. The van der Waals surface area contributed by atoms with Crippen LogP contribution in [0.5, 0.6) is 0 Å². The number of rotatable bonds is 5. The van der Waals surface area contributed by atoms with Crippen molar-refractivity contribution in [2.24, 2.45) is 23.0 Å². The number of nitrogens with two attached hydrogens (primary N) is 1. The van der Waals surface area contributed by atoms with Crippen molar-refractivity contribution >= 4 is 5.91 Å². The summed E-state index contributed by atoms with van der Waals surface area (Å²) in [5.41, 5.74) is 5.24. The van der Waals surface area contributed by atoms with Crippen LogP contribution in [-0.4, -0.2) is 5.91 Å². The number of hydrogen-bond acceptors (Lipinski definition) is 1. The molecule has 90 valence electrons. The molecule has 0 aromatic heterocycles. The van der Waals surface area contributed by atoms with E-state index in [-0.39, 0.29) is 17.7 Å². The number of primary amides is 1. The van der Waals surface area contributed by atoms with E-state index >= 15 is 0 Å². The molecule has 0 bridgehead atoms. The molecule has 0 fully saturated rings. The summed E-state index contributed by atoms with van der Waals surface area (Å²) < 4.78 is 0. The van der Waals surface area contributed by atoms with Crippen LogP contribution in [0.25, 0.3) is 0 Å². The summed E-state index contributed by atoms with van der Waals surface area (Å²) in [7, 11) is 0. The van der Waals surface area contributed by atoms with Gasteiger partial charge in [-0.3, -0.25) is 4.79 Å². The second kappa shape index (κ2) is 4.74. The highest BCUT2D eigenvalue weighted by Gasteiger charge is 2.46. The molecule has 17 heavy (non-hydrogen) atoms. The zero-order valence-electron chi connectivity index (χ0n) is 10.2. The Kier molecular flexibility index (Phi) is 3.32. The maximum Gasteiger partial charge on any atom is 0.225 e. The van der Waals surface area contributed by atoms with Crippen LogP contribution in [0.1, 0.15) is 19.8 Å². The van der Waals surface area contributed by atoms with Gasteiger partial charge in [0, 0.05) is 11.8 Å². The van der Waals surface area contributed by atoms with Crippen LogP contribution in [-0.2, 0) is 4.79 Å². The molecular formula is C15H19NO. The number of allylic oxidation sites excluding steroid dienone is 8. The number of amides is 1. The summed E-state index contributed by atoms with van der Waals surface area (Å²) >= 11 is 0. The minimum atomic E-state index is -0.498. The van der Waals surface area contributed by atoms with E-state index in [1.165, 1.54) is 0 Å². The Hall–Kier alpha value is -1.57. The van der Waals surface area contributed by atoms with Crippen molar-refractivity contribution in [2.75, 3.05) is 0 Å². The Morgan fingerprint density at radius 1 is 1.06 bits per heavy atom. The van der Waals surface area contributed by atoms with Crippen molar-refractivity contribution in [3.05, 3.63) is 48.6 Å². The fraction of sp³-hybridized carbons (Fsp3) is 0.400. The fourth-order valence-electron chi connectivity index (χ4n) is 2.97. The average molecular weight is 229 g/mol. The molecule has 2 N–H and O–H groups in total. The average Bonchev–Trinajstić information content (AvgIpc) is 2.98. The van der Waals surface area contributed by atoms with Gasteiger partial charge >= 0.3 is 0 Å². The highest BCUT2D eigenvalue weighted by molar-refractivity contribution is 5.83. The molecule has 0 atom stereocenters. The van der Waals surface area contributed by atoms with E-state index in [0.29, 0.717) is 0 Å². The molecule has 0 radical (unpaired) electrons. The standard InChI is InChI=1S/C15H19NO/c1-2-11-15(14(16)17,12-7-3-4-8-12)13-9-5-6-10-13/h3-10,12-13H,2,11H2,1H3,(H2,16,17). The van der Waals surface area contributed by atoms with Crippen molar-refractivity contribution in [1.29, 1.82) is 0 Å². The lowest BCUT2D eigenvalue weighted by Gasteiger charge is -2.38. The first-order chi connectivity index (χ1) is 8.21. The van der Waals surface area contributed by atoms with Crippen LogP contribution in [0.15, 0.2) is 48.6 Å². The van der Waals surface area contributed by atoms with E-state index in [2.05, 4.69) is 31.2 Å². The highest BCUT2D eigenvalue weighted by Crippen LogP contribution is 2.45. The van der Waals surface area contributed by atoms with Crippen LogP contribution in [0.2, 0.25) is 0 Å². The molecule has 0 unspecified atom stereocenters. The maximum absolute atomic E-state index is 12.1. The van der Waals surface area contributed by atoms with Crippen molar-refractivity contribution in [1.82, 2.24) is 0 Å². The van der Waals surface area contributed by atoms with Crippen molar-refractivity contribution in [3.8, 4) is 0 Å². The summed E-state index contributed by atoms with van der Waals surface area (Å²) in [6.07, 6.45) is 18.1. The van der Waals surface area contributed by atoms with E-state index < -0.39 is 5.41 Å². The Morgan fingerprint density at radius 3 is 1.76 bits per heavy atom. The second-order valence-electron chi connectivity index (χ2n) is 4.75. The van der Waals surface area contributed by atoms with E-state index in [0.717, 1.165) is 12.8 Å². The molecule has 0 aromatic rings. The summed E-state index contributed by atoms with van der Waals surface area (Å²) in [6, 6.07) is 0. The molecule has 0 saturated heterocycles. The van der Waals surface area contributed by atoms with Gasteiger partial charge in [-0.2, -0.15) is 0 Å². The van der Waals surface area contributed by atoms with Gasteiger partial charge < -0.3 is 5.73 Å². The van der Waals surface area contributed by atoms with Crippen LogP contribution < -0.4 is 5.73 Å². The molecule has 2 heteroatoms. The topological polar surface area (TPSA) is 43.1 Å². The van der Waals surface area contributed by atoms with Gasteiger partial charge in [0.1, 0.15) is 0 Å². The lowest BCUT2D eigenvalue weighted by atomic mass is 9.64. The molecule has 2 rings (SSSR count). The minimum absolute atomic E-state index is 0.123. The van der Waals surface area contributed by atoms with Gasteiger partial charge in [0.2, 0.25) is 5.91 Å². The summed E-state index contributed by atoms with van der Waals surface area (Å²) in [5.74, 6) is 0.0523. The van der Waals surface area contributed by atoms with Crippen LogP contribution >= 0.6 is 0 Å². The minimum Gasteiger partial charge on any atom is -0.369 e. The SMILES string of the molecule is CCCC(C(N)=O)(C1C=CC=C1)C1C=CC=C1. The number of carbonyl (C=O) groups is 1. The summed E-state index contributed by atoms with van der Waals surface area (Å²) in [4.78, 5) is 12.1. The third-order valence-corrected chi connectivity index (χ3v) is 3.81. The molecule has 0 spiro atoms. The molecular weight excluding hydrogens is 210 g/mol. The fourth-order valence-corrected chi connectivity index (χ4v) is 2.97. The van der Waals surface area contributed by atoms with Gasteiger partial charge in [0.15, 0.2) is 0 Å². The Balaban J connectivity index is 2.41. The first-order valence-corrected chi connectivity index (χ1v) is 6.21. The summed E-state index contributed by atoms with van der Waals surface area (Å²) in [5, 5.41) is 0. The molecule has 0 saturated carbocycles. The predicted molar refractivity (Wildman–Crippen MR) is 70.1 cm³/mol. The van der Waals surface area contributed by atoms with E-state index in [9.17, 15) is 4.79 Å². The van der Waals surface area contributed by atoms with Crippen molar-refractivity contribution < 1.29 is 4.79 Å². The van der Waals surface area contributed by atoms with Gasteiger partial charge in [0.25, 0.3) is 0 Å². The molecule has 0 aromatic carbocycles. The molecule has 0 heterocycles. The maximum atomic E-state index is 12.1. The lowest BCUT2D eigenvalue weighted by molar-refractivity contribution is -0.131. The predicted octanol–water partition coefficient (Wildman–Crippen LogP) is 2.74. The van der Waals surface area contributed by atoms with Crippen LogP contribution in [0.4, 0.5) is 0 Å². The Bertz CT molecular complexity index is 363. The molecule has 2 aliphatic carbocycles. The first kappa shape index (κ1) is 11.9. The quantitative estimate of drug-likeness (QED) is 0.774. The van der Waals surface area contributed by atoms with Crippen molar-refractivity contribution in [3.63, 3.8) is 0 Å². The van der Waals surface area contributed by atoms with Crippen LogP contribution in [0, 0.1) is 17.3 Å². The van der Waals surface area contributed by atoms with Gasteiger partial charge in [-0.05, 0) is 6.42 Å². The van der Waals surface area contributed by atoms with E-state index in [1.807, 2.05) is 24.3 Å². The van der Waals surface area contributed by atoms with Gasteiger partial charge in [-0.15, -0.1) is 0 Å². The normalized spacial score (nSPS) is 19.6. The van der Waals surface area contributed by atoms with Gasteiger partial charge in [-0.25, -0.2) is 0 Å². The Labute approximate surface area is 103 Å². The zero-order valence-corrected chi connectivity index (χ0v) is 10.2. The van der Waals surface area contributed by atoms with Crippen molar-refractivity contribution in [2.45, 2.75) is 19.8 Å². The van der Waals surface area contributed by atoms with E-state index in [1.54, 1.807) is 0 Å². The number of carbonyl (C=O) groups excluding carboxylic acids is 1. The molecule has 2 nitrogen and oxygen atoms in total. The smallest absolute Gasteiger partial charge is 0.225 e. The highest BCUT2D eigenvalue weighted by atomic mass is 16.1. The van der Waals surface area contributed by atoms with Crippen LogP contribution in [0.3, 0.4) is 0 Å². The molecule has 1 amide bonds. The first-order valence-electron chi connectivity index (χ1n) is 6.21.